The third-order valence-electron chi connectivity index (χ3n) is 5.09. The summed E-state index contributed by atoms with van der Waals surface area (Å²) >= 11 is 0. The molecule has 0 saturated carbocycles. The lowest BCUT2D eigenvalue weighted by Crippen LogP contribution is -2.26. The maximum Gasteiger partial charge on any atom is 0.220 e. The summed E-state index contributed by atoms with van der Waals surface area (Å²) in [5.74, 6) is 0.749. The number of ether oxygens (including phenoxy) is 3. The Morgan fingerprint density at radius 1 is 1.10 bits per heavy atom. The molecule has 0 unspecified atom stereocenters. The Bertz CT molecular complexity index is 1030. The van der Waals surface area contributed by atoms with Gasteiger partial charge in [-0.3, -0.25) is 14.4 Å². The maximum atomic E-state index is 12.6. The Morgan fingerprint density at radius 3 is 2.41 bits per heavy atom. The van der Waals surface area contributed by atoms with Gasteiger partial charge in [-0.1, -0.05) is 6.07 Å². The zero-order valence-electron chi connectivity index (χ0n) is 16.8. The molecule has 0 saturated heterocycles. The van der Waals surface area contributed by atoms with Crippen LogP contribution in [-0.2, 0) is 11.2 Å². The van der Waals surface area contributed by atoms with E-state index in [2.05, 4.69) is 5.32 Å². The van der Waals surface area contributed by atoms with Crippen molar-refractivity contribution in [1.29, 1.82) is 0 Å². The highest BCUT2D eigenvalue weighted by Gasteiger charge is 2.28. The molecule has 3 rings (SSSR count). The SMILES string of the molecule is COc1cc2c(c(C=O)c1OC)-c1ccc(OC)c(=O)cc1[C@@H](NC(C)=O)CC2. The number of methoxy groups -OCH3 is 3. The number of benzene rings is 1. The Balaban J connectivity index is 2.43. The molecule has 152 valence electrons. The number of hydrogen-bond donors (Lipinski definition) is 1. The van der Waals surface area contributed by atoms with Crippen LogP contribution in [0.15, 0.2) is 29.1 Å². The van der Waals surface area contributed by atoms with Crippen LogP contribution in [-0.4, -0.2) is 33.5 Å². The summed E-state index contributed by atoms with van der Waals surface area (Å²) in [6.45, 7) is 1.43. The monoisotopic (exact) mass is 397 g/mol. The Labute approximate surface area is 168 Å². The zero-order valence-corrected chi connectivity index (χ0v) is 16.8. The molecule has 0 spiro atoms. The van der Waals surface area contributed by atoms with Gasteiger partial charge in [0.2, 0.25) is 11.3 Å². The molecule has 7 heteroatoms. The average molecular weight is 397 g/mol. The second-order valence-corrected chi connectivity index (χ2v) is 6.75. The van der Waals surface area contributed by atoms with Crippen LogP contribution >= 0.6 is 0 Å². The highest BCUT2D eigenvalue weighted by atomic mass is 16.5. The van der Waals surface area contributed by atoms with Gasteiger partial charge in [-0.25, -0.2) is 0 Å². The minimum atomic E-state index is -0.392. The minimum Gasteiger partial charge on any atom is -0.493 e. The van der Waals surface area contributed by atoms with E-state index in [1.54, 1.807) is 12.1 Å². The molecule has 1 atom stereocenters. The van der Waals surface area contributed by atoms with Crippen molar-refractivity contribution < 1.29 is 23.8 Å². The van der Waals surface area contributed by atoms with Crippen LogP contribution in [0.4, 0.5) is 0 Å². The second-order valence-electron chi connectivity index (χ2n) is 6.75. The molecule has 7 nitrogen and oxygen atoms in total. The number of rotatable bonds is 5. The van der Waals surface area contributed by atoms with Crippen LogP contribution in [0.25, 0.3) is 11.1 Å². The van der Waals surface area contributed by atoms with Gasteiger partial charge >= 0.3 is 0 Å². The molecule has 1 aliphatic rings. The fourth-order valence-corrected chi connectivity index (χ4v) is 3.87. The van der Waals surface area contributed by atoms with Gasteiger partial charge in [-0.15, -0.1) is 0 Å². The zero-order chi connectivity index (χ0) is 21.1. The highest BCUT2D eigenvalue weighted by molar-refractivity contribution is 5.95. The van der Waals surface area contributed by atoms with E-state index in [1.165, 1.54) is 34.3 Å². The molecule has 0 bridgehead atoms. The number of hydrogen-bond acceptors (Lipinski definition) is 6. The van der Waals surface area contributed by atoms with E-state index in [0.29, 0.717) is 46.6 Å². The minimum absolute atomic E-state index is 0.175. The quantitative estimate of drug-likeness (QED) is 0.780. The average Bonchev–Trinajstić information content (AvgIpc) is 2.95. The lowest BCUT2D eigenvalue weighted by molar-refractivity contribution is -0.119. The first-order valence-corrected chi connectivity index (χ1v) is 9.17. The molecule has 0 aromatic heterocycles. The van der Waals surface area contributed by atoms with E-state index in [4.69, 9.17) is 14.2 Å². The number of aldehydes is 1. The molecule has 0 fully saturated rings. The molecule has 1 amide bonds. The van der Waals surface area contributed by atoms with Crippen molar-refractivity contribution >= 4 is 12.2 Å². The van der Waals surface area contributed by atoms with Gasteiger partial charge in [0.05, 0.1) is 32.9 Å². The predicted octanol–water partition coefficient (Wildman–Crippen LogP) is 2.68. The van der Waals surface area contributed by atoms with Crippen LogP contribution in [0.3, 0.4) is 0 Å². The molecule has 0 aliphatic heterocycles. The van der Waals surface area contributed by atoms with Gasteiger partial charge < -0.3 is 19.5 Å². The molecular weight excluding hydrogens is 374 g/mol. The summed E-state index contributed by atoms with van der Waals surface area (Å²) in [6.07, 6.45) is 1.86. The van der Waals surface area contributed by atoms with Crippen LogP contribution in [0.1, 0.15) is 40.9 Å². The number of carbonyl (C=O) groups is 2. The van der Waals surface area contributed by atoms with Crippen LogP contribution < -0.4 is 25.0 Å². The number of carbonyl (C=O) groups excluding carboxylic acids is 2. The molecular formula is C22H23NO6. The molecule has 2 aromatic carbocycles. The van der Waals surface area contributed by atoms with Crippen LogP contribution in [0, 0.1) is 0 Å². The summed E-state index contributed by atoms with van der Waals surface area (Å²) in [7, 11) is 4.41. The maximum absolute atomic E-state index is 12.6. The summed E-state index contributed by atoms with van der Waals surface area (Å²) in [5.41, 5.74) is 2.86. The van der Waals surface area contributed by atoms with Gasteiger partial charge in [0.1, 0.15) is 0 Å². The van der Waals surface area contributed by atoms with Gasteiger partial charge in [0, 0.05) is 6.92 Å². The highest BCUT2D eigenvalue weighted by Crippen LogP contribution is 2.45. The molecule has 0 radical (unpaired) electrons. The standard InChI is InChI=1S/C22H23NO6/c1-12(25)23-17-7-5-13-9-20(28-3)22(29-4)16(11-24)21(13)14-6-8-19(27-2)18(26)10-15(14)17/h6,8-11,17H,5,7H2,1-4H3,(H,23,25)/t17-/m0/s1. The first-order chi connectivity index (χ1) is 13.9. The van der Waals surface area contributed by atoms with Gasteiger partial charge in [-0.2, -0.15) is 0 Å². The van der Waals surface area contributed by atoms with E-state index >= 15 is 0 Å². The van der Waals surface area contributed by atoms with Gasteiger partial charge in [0.15, 0.2) is 23.5 Å². The van der Waals surface area contributed by atoms with Crippen LogP contribution in [0.5, 0.6) is 17.2 Å². The van der Waals surface area contributed by atoms with E-state index in [9.17, 15) is 14.4 Å². The molecule has 1 aliphatic carbocycles. The topological polar surface area (TPSA) is 90.9 Å². The van der Waals surface area contributed by atoms with Crippen molar-refractivity contribution in [2.24, 2.45) is 0 Å². The molecule has 29 heavy (non-hydrogen) atoms. The van der Waals surface area contributed by atoms with Crippen molar-refractivity contribution in [2.75, 3.05) is 21.3 Å². The lowest BCUT2D eigenvalue weighted by atomic mass is 9.92. The van der Waals surface area contributed by atoms with Crippen molar-refractivity contribution in [3.8, 4) is 28.4 Å². The van der Waals surface area contributed by atoms with Crippen molar-refractivity contribution in [3.63, 3.8) is 0 Å². The number of fused-ring (bicyclic) bond motifs is 3. The third kappa shape index (κ3) is 3.68. The van der Waals surface area contributed by atoms with E-state index < -0.39 is 6.04 Å². The first-order valence-electron chi connectivity index (χ1n) is 9.17. The van der Waals surface area contributed by atoms with Crippen LogP contribution in [0.2, 0.25) is 0 Å². The molecule has 0 heterocycles. The Morgan fingerprint density at radius 2 is 1.83 bits per heavy atom. The van der Waals surface area contributed by atoms with Gasteiger partial charge in [0.25, 0.3) is 0 Å². The summed E-state index contributed by atoms with van der Waals surface area (Å²) in [6, 6.07) is 6.23. The Hall–Kier alpha value is -3.35. The largest absolute Gasteiger partial charge is 0.493 e. The normalized spacial score (nSPS) is 14.7. The smallest absolute Gasteiger partial charge is 0.220 e. The first kappa shape index (κ1) is 20.4. The lowest BCUT2D eigenvalue weighted by Gasteiger charge is -2.18. The molecule has 1 N–H and O–H groups in total. The van der Waals surface area contributed by atoms with Crippen molar-refractivity contribution in [3.05, 3.63) is 51.2 Å². The van der Waals surface area contributed by atoms with Crippen molar-refractivity contribution in [1.82, 2.24) is 5.32 Å². The number of aryl methyl sites for hydroxylation is 1. The van der Waals surface area contributed by atoms with E-state index in [1.807, 2.05) is 6.07 Å². The predicted molar refractivity (Wildman–Crippen MR) is 108 cm³/mol. The van der Waals surface area contributed by atoms with E-state index in [-0.39, 0.29) is 17.1 Å². The fourth-order valence-electron chi connectivity index (χ4n) is 3.87. The number of nitrogens with one attached hydrogen (secondary N) is 1. The van der Waals surface area contributed by atoms with E-state index in [0.717, 1.165) is 11.8 Å². The summed E-state index contributed by atoms with van der Waals surface area (Å²) < 4.78 is 16.1. The van der Waals surface area contributed by atoms with Crippen molar-refractivity contribution in [2.45, 2.75) is 25.8 Å². The summed E-state index contributed by atoms with van der Waals surface area (Å²) in [4.78, 5) is 36.5. The summed E-state index contributed by atoms with van der Waals surface area (Å²) in [5, 5.41) is 2.92. The second kappa shape index (κ2) is 8.34. The number of amides is 1. The fraction of sp³-hybridized carbons (Fsp3) is 0.318. The Kier molecular flexibility index (Phi) is 5.87. The third-order valence-corrected chi connectivity index (χ3v) is 5.09. The van der Waals surface area contributed by atoms with Gasteiger partial charge in [-0.05, 0) is 53.3 Å². The molecule has 2 aromatic rings.